The van der Waals surface area contributed by atoms with Crippen LogP contribution in [0.5, 0.6) is 0 Å². The first-order valence-corrected chi connectivity index (χ1v) is 9.05. The fourth-order valence-corrected chi connectivity index (χ4v) is 4.02. The third kappa shape index (κ3) is 5.02. The van der Waals surface area contributed by atoms with Crippen LogP contribution in [-0.4, -0.2) is 56.9 Å². The molecule has 0 radical (unpaired) electrons. The Morgan fingerprint density at radius 3 is 2.47 bits per heavy atom. The highest BCUT2D eigenvalue weighted by Crippen LogP contribution is 2.19. The van der Waals surface area contributed by atoms with Crippen molar-refractivity contribution in [3.05, 3.63) is 0 Å². The van der Waals surface area contributed by atoms with Gasteiger partial charge in [-0.1, -0.05) is 0 Å². The topological polar surface area (TPSA) is 58.6 Å². The monoisotopic (exact) mass is 290 g/mol. The second kappa shape index (κ2) is 7.02. The molecule has 0 atom stereocenters. The lowest BCUT2D eigenvalue weighted by Crippen LogP contribution is -2.42. The van der Waals surface area contributed by atoms with E-state index in [0.717, 1.165) is 19.4 Å². The maximum atomic E-state index is 12.2. The Morgan fingerprint density at radius 1 is 1.21 bits per heavy atom. The van der Waals surface area contributed by atoms with Crippen molar-refractivity contribution in [2.45, 2.75) is 51.2 Å². The molecule has 2 fully saturated rings. The van der Waals surface area contributed by atoms with Crippen molar-refractivity contribution in [1.29, 1.82) is 0 Å². The first-order chi connectivity index (χ1) is 9.12. The van der Waals surface area contributed by atoms with Crippen molar-refractivity contribution in [1.82, 2.24) is 9.62 Å². The van der Waals surface area contributed by atoms with Crippen molar-refractivity contribution in [2.75, 3.05) is 32.0 Å². The zero-order valence-electron chi connectivity index (χ0n) is 11.8. The molecule has 0 unspecified atom stereocenters. The smallest absolute Gasteiger partial charge is 0.214 e. The molecule has 19 heavy (non-hydrogen) atoms. The Balaban J connectivity index is 1.67. The number of hydrogen-bond donors (Lipinski definition) is 1. The summed E-state index contributed by atoms with van der Waals surface area (Å²) >= 11 is 0. The molecule has 0 aromatic rings. The van der Waals surface area contributed by atoms with Crippen molar-refractivity contribution in [3.8, 4) is 0 Å². The molecule has 6 heteroatoms. The van der Waals surface area contributed by atoms with Gasteiger partial charge in [0, 0.05) is 25.7 Å². The number of hydrogen-bond acceptors (Lipinski definition) is 4. The quantitative estimate of drug-likeness (QED) is 0.677. The van der Waals surface area contributed by atoms with Crippen LogP contribution in [0.4, 0.5) is 0 Å². The molecule has 1 aliphatic heterocycles. The number of rotatable bonds is 8. The SMILES string of the molecule is CCOC1CCN(S(=O)(=O)CCCNC2CC2)CC1. The number of nitrogens with one attached hydrogen (secondary N) is 1. The molecule has 2 aliphatic rings. The Hall–Kier alpha value is -0.170. The molecule has 0 spiro atoms. The molecule has 2 rings (SSSR count). The number of sulfonamides is 1. The lowest BCUT2D eigenvalue weighted by Gasteiger charge is -2.31. The number of ether oxygens (including phenoxy) is 1. The third-order valence-corrected chi connectivity index (χ3v) is 5.74. The van der Waals surface area contributed by atoms with Crippen molar-refractivity contribution >= 4 is 10.0 Å². The molecule has 0 aromatic heterocycles. The predicted octanol–water partition coefficient (Wildman–Crippen LogP) is 0.959. The minimum Gasteiger partial charge on any atom is -0.378 e. The van der Waals surface area contributed by atoms with Crippen molar-refractivity contribution in [2.24, 2.45) is 0 Å². The zero-order valence-corrected chi connectivity index (χ0v) is 12.6. The van der Waals surface area contributed by atoms with Crippen LogP contribution in [-0.2, 0) is 14.8 Å². The molecule has 1 heterocycles. The molecular weight excluding hydrogens is 264 g/mol. The van der Waals surface area contributed by atoms with Gasteiger partial charge in [0.05, 0.1) is 11.9 Å². The molecule has 5 nitrogen and oxygen atoms in total. The van der Waals surface area contributed by atoms with E-state index < -0.39 is 10.0 Å². The molecule has 1 N–H and O–H groups in total. The van der Waals surface area contributed by atoms with Crippen molar-refractivity contribution < 1.29 is 13.2 Å². The molecule has 0 amide bonds. The highest BCUT2D eigenvalue weighted by Gasteiger charge is 2.28. The second-order valence-electron chi connectivity index (χ2n) is 5.45. The average Bonchev–Trinajstić information content (AvgIpc) is 3.20. The van der Waals surface area contributed by atoms with Gasteiger partial charge < -0.3 is 10.1 Å². The van der Waals surface area contributed by atoms with Crippen LogP contribution < -0.4 is 5.32 Å². The molecular formula is C13H26N2O3S. The van der Waals surface area contributed by atoms with E-state index in [1.165, 1.54) is 12.8 Å². The Labute approximate surface area is 116 Å². The highest BCUT2D eigenvalue weighted by atomic mass is 32.2. The van der Waals surface area contributed by atoms with Gasteiger partial charge in [0.2, 0.25) is 10.0 Å². The lowest BCUT2D eigenvalue weighted by molar-refractivity contribution is 0.0290. The van der Waals surface area contributed by atoms with Gasteiger partial charge in [-0.05, 0) is 45.6 Å². The molecule has 1 aliphatic carbocycles. The summed E-state index contributed by atoms with van der Waals surface area (Å²) in [6.45, 7) is 4.74. The maximum absolute atomic E-state index is 12.2. The largest absolute Gasteiger partial charge is 0.378 e. The fourth-order valence-electron chi connectivity index (χ4n) is 2.49. The summed E-state index contributed by atoms with van der Waals surface area (Å²) < 4.78 is 31.5. The second-order valence-corrected chi connectivity index (χ2v) is 7.54. The van der Waals surface area contributed by atoms with Crippen molar-refractivity contribution in [3.63, 3.8) is 0 Å². The molecule has 112 valence electrons. The fraction of sp³-hybridized carbons (Fsp3) is 1.00. The van der Waals surface area contributed by atoms with Gasteiger partial charge in [0.25, 0.3) is 0 Å². The number of nitrogens with zero attached hydrogens (tertiary/aromatic N) is 1. The predicted molar refractivity (Wildman–Crippen MR) is 75.6 cm³/mol. The van der Waals surface area contributed by atoms with Gasteiger partial charge in [-0.15, -0.1) is 0 Å². The van der Waals surface area contributed by atoms with E-state index in [0.29, 0.717) is 32.2 Å². The summed E-state index contributed by atoms with van der Waals surface area (Å²) in [5.41, 5.74) is 0. The first-order valence-electron chi connectivity index (χ1n) is 7.44. The zero-order chi connectivity index (χ0) is 13.7. The van der Waals surface area contributed by atoms with Gasteiger partial charge in [-0.2, -0.15) is 0 Å². The highest BCUT2D eigenvalue weighted by molar-refractivity contribution is 7.89. The first kappa shape index (κ1) is 15.2. The van der Waals surface area contributed by atoms with Crippen LogP contribution in [0.2, 0.25) is 0 Å². The van der Waals surface area contributed by atoms with Crippen LogP contribution in [0, 0.1) is 0 Å². The van der Waals surface area contributed by atoms with E-state index in [4.69, 9.17) is 4.74 Å². The van der Waals surface area contributed by atoms with Crippen LogP contribution >= 0.6 is 0 Å². The van der Waals surface area contributed by atoms with E-state index in [2.05, 4.69) is 5.32 Å². The summed E-state index contributed by atoms with van der Waals surface area (Å²) in [5, 5.41) is 3.35. The van der Waals surface area contributed by atoms with E-state index >= 15 is 0 Å². The molecule has 0 bridgehead atoms. The van der Waals surface area contributed by atoms with E-state index in [-0.39, 0.29) is 11.9 Å². The lowest BCUT2D eigenvalue weighted by atomic mass is 10.1. The van der Waals surface area contributed by atoms with E-state index in [1.54, 1.807) is 4.31 Å². The average molecular weight is 290 g/mol. The van der Waals surface area contributed by atoms with Crippen LogP contribution in [0.15, 0.2) is 0 Å². The van der Waals surface area contributed by atoms with Gasteiger partial charge in [0.1, 0.15) is 0 Å². The summed E-state index contributed by atoms with van der Waals surface area (Å²) in [7, 11) is -3.06. The van der Waals surface area contributed by atoms with Gasteiger partial charge >= 0.3 is 0 Å². The minimum atomic E-state index is -3.06. The van der Waals surface area contributed by atoms with E-state index in [1.807, 2.05) is 6.92 Å². The van der Waals surface area contributed by atoms with Crippen LogP contribution in [0.1, 0.15) is 39.0 Å². The Kier molecular flexibility index (Phi) is 5.62. The third-order valence-electron chi connectivity index (χ3n) is 3.79. The summed E-state index contributed by atoms with van der Waals surface area (Å²) in [5.74, 6) is 0.270. The van der Waals surface area contributed by atoms with E-state index in [9.17, 15) is 8.42 Å². The summed E-state index contributed by atoms with van der Waals surface area (Å²) in [6, 6.07) is 0.657. The Morgan fingerprint density at radius 2 is 1.89 bits per heavy atom. The minimum absolute atomic E-state index is 0.244. The summed E-state index contributed by atoms with van der Waals surface area (Å²) in [4.78, 5) is 0. The standard InChI is InChI=1S/C13H26N2O3S/c1-2-18-13-6-9-15(10-7-13)19(16,17)11-3-8-14-12-4-5-12/h12-14H,2-11H2,1H3. The molecule has 0 aromatic carbocycles. The van der Waals surface area contributed by atoms with Gasteiger partial charge in [-0.3, -0.25) is 0 Å². The maximum Gasteiger partial charge on any atom is 0.214 e. The summed E-state index contributed by atoms with van der Waals surface area (Å²) in [6.07, 6.45) is 5.11. The van der Waals surface area contributed by atoms with Gasteiger partial charge in [0.15, 0.2) is 0 Å². The van der Waals surface area contributed by atoms with Crippen LogP contribution in [0.3, 0.4) is 0 Å². The molecule has 1 saturated carbocycles. The number of piperidine rings is 1. The van der Waals surface area contributed by atoms with Crippen LogP contribution in [0.25, 0.3) is 0 Å². The Bertz CT molecular complexity index is 360. The molecule has 1 saturated heterocycles. The van der Waals surface area contributed by atoms with Gasteiger partial charge in [-0.25, -0.2) is 12.7 Å². The normalized spacial score (nSPS) is 22.8.